The van der Waals surface area contributed by atoms with Crippen LogP contribution in [0.5, 0.6) is 0 Å². The molecule has 0 fully saturated rings. The lowest BCUT2D eigenvalue weighted by Gasteiger charge is -2.08. The van der Waals surface area contributed by atoms with E-state index in [1.54, 1.807) is 18.2 Å². The van der Waals surface area contributed by atoms with Crippen LogP contribution in [0.4, 0.5) is 4.39 Å². The summed E-state index contributed by atoms with van der Waals surface area (Å²) in [5, 5.41) is 0.417. The van der Waals surface area contributed by atoms with Gasteiger partial charge in [-0.3, -0.25) is 0 Å². The van der Waals surface area contributed by atoms with E-state index in [0.717, 1.165) is 25.7 Å². The summed E-state index contributed by atoms with van der Waals surface area (Å²) in [4.78, 5) is 0. The van der Waals surface area contributed by atoms with Crippen LogP contribution in [-0.4, -0.2) is 5.38 Å². The largest absolute Gasteiger partial charge is 0.205 e. The molecule has 1 rings (SSSR count). The Kier molecular flexibility index (Phi) is 6.15. The van der Waals surface area contributed by atoms with Crippen LogP contribution in [0.15, 0.2) is 18.2 Å². The monoisotopic (exact) mass is 262 g/mol. The van der Waals surface area contributed by atoms with Crippen molar-refractivity contribution >= 4 is 23.2 Å². The Bertz CT molecular complexity index is 326. The fourth-order valence-electron chi connectivity index (χ4n) is 1.71. The molecule has 0 aromatic heterocycles. The molecule has 1 unspecified atom stereocenters. The molecule has 0 bridgehead atoms. The van der Waals surface area contributed by atoms with Gasteiger partial charge in [0.05, 0.1) is 5.02 Å². The number of halogens is 3. The zero-order valence-corrected chi connectivity index (χ0v) is 11.0. The van der Waals surface area contributed by atoms with Gasteiger partial charge in [0.15, 0.2) is 0 Å². The van der Waals surface area contributed by atoms with E-state index >= 15 is 0 Å². The van der Waals surface area contributed by atoms with Gasteiger partial charge in [0.25, 0.3) is 0 Å². The molecule has 0 aliphatic carbocycles. The van der Waals surface area contributed by atoms with Crippen molar-refractivity contribution in [2.24, 2.45) is 0 Å². The van der Waals surface area contributed by atoms with E-state index in [-0.39, 0.29) is 16.2 Å². The van der Waals surface area contributed by atoms with Crippen LogP contribution in [0.3, 0.4) is 0 Å². The molecule has 1 aromatic carbocycles. The van der Waals surface area contributed by atoms with Gasteiger partial charge >= 0.3 is 0 Å². The van der Waals surface area contributed by atoms with E-state index in [0.29, 0.717) is 12.0 Å². The molecule has 0 radical (unpaired) electrons. The van der Waals surface area contributed by atoms with Gasteiger partial charge in [0.1, 0.15) is 5.82 Å². The molecule has 0 heterocycles. The lowest BCUT2D eigenvalue weighted by molar-refractivity contribution is 0.590. The Morgan fingerprint density at radius 1 is 1.31 bits per heavy atom. The van der Waals surface area contributed by atoms with E-state index in [9.17, 15) is 4.39 Å². The maximum atomic E-state index is 13.5. The first-order valence-corrected chi connectivity index (χ1v) is 6.53. The minimum absolute atomic E-state index is 0.202. The van der Waals surface area contributed by atoms with Crippen molar-refractivity contribution in [3.05, 3.63) is 34.6 Å². The van der Waals surface area contributed by atoms with Gasteiger partial charge in [0, 0.05) is 5.38 Å². The lowest BCUT2D eigenvalue weighted by Crippen LogP contribution is -1.99. The van der Waals surface area contributed by atoms with Gasteiger partial charge in [-0.15, -0.1) is 11.6 Å². The third kappa shape index (κ3) is 4.31. The van der Waals surface area contributed by atoms with E-state index in [4.69, 9.17) is 23.2 Å². The molecule has 0 saturated heterocycles. The average molecular weight is 263 g/mol. The molecule has 0 saturated carbocycles. The SMILES string of the molecule is CCCC(Cl)CCCc1cccc(Cl)c1F. The smallest absolute Gasteiger partial charge is 0.144 e. The second-order valence-corrected chi connectivity index (χ2v) is 5.02. The van der Waals surface area contributed by atoms with Crippen molar-refractivity contribution in [2.75, 3.05) is 0 Å². The topological polar surface area (TPSA) is 0 Å². The minimum atomic E-state index is -0.286. The predicted octanol–water partition coefficient (Wildman–Crippen LogP) is 5.21. The molecule has 0 nitrogen and oxygen atoms in total. The summed E-state index contributed by atoms with van der Waals surface area (Å²) in [5.74, 6) is -0.286. The van der Waals surface area contributed by atoms with Gasteiger partial charge in [-0.1, -0.05) is 37.1 Å². The van der Waals surface area contributed by atoms with Crippen molar-refractivity contribution in [3.8, 4) is 0 Å². The summed E-state index contributed by atoms with van der Waals surface area (Å²) >= 11 is 11.8. The average Bonchev–Trinajstić information content (AvgIpc) is 2.25. The molecule has 3 heteroatoms. The lowest BCUT2D eigenvalue weighted by atomic mass is 10.0. The maximum absolute atomic E-state index is 13.5. The number of alkyl halides is 1. The summed E-state index contributed by atoms with van der Waals surface area (Å²) in [6, 6.07) is 5.14. The summed E-state index contributed by atoms with van der Waals surface area (Å²) in [6.45, 7) is 2.12. The molecule has 1 atom stereocenters. The first kappa shape index (κ1) is 13.8. The fraction of sp³-hybridized carbons (Fsp3) is 0.538. The molecule has 16 heavy (non-hydrogen) atoms. The highest BCUT2D eigenvalue weighted by Gasteiger charge is 2.07. The summed E-state index contributed by atoms with van der Waals surface area (Å²) < 4.78 is 13.5. The van der Waals surface area contributed by atoms with Gasteiger partial charge in [-0.25, -0.2) is 4.39 Å². The van der Waals surface area contributed by atoms with Crippen molar-refractivity contribution in [2.45, 2.75) is 44.4 Å². The molecule has 0 amide bonds. The summed E-state index contributed by atoms with van der Waals surface area (Å²) in [7, 11) is 0. The number of rotatable bonds is 6. The molecule has 0 N–H and O–H groups in total. The van der Waals surface area contributed by atoms with E-state index in [2.05, 4.69) is 6.92 Å². The fourth-order valence-corrected chi connectivity index (χ4v) is 2.28. The highest BCUT2D eigenvalue weighted by atomic mass is 35.5. The summed E-state index contributed by atoms with van der Waals surface area (Å²) in [5.41, 5.74) is 0.688. The highest BCUT2D eigenvalue weighted by molar-refractivity contribution is 6.30. The molecule has 90 valence electrons. The van der Waals surface area contributed by atoms with Gasteiger partial charge < -0.3 is 0 Å². The van der Waals surface area contributed by atoms with Crippen molar-refractivity contribution in [3.63, 3.8) is 0 Å². The minimum Gasteiger partial charge on any atom is -0.205 e. The van der Waals surface area contributed by atoms with Crippen molar-refractivity contribution < 1.29 is 4.39 Å². The zero-order chi connectivity index (χ0) is 12.0. The molecule has 0 aliphatic rings. The van der Waals surface area contributed by atoms with E-state index in [1.165, 1.54) is 0 Å². The normalized spacial score (nSPS) is 12.8. The molecular weight excluding hydrogens is 246 g/mol. The Labute approximate surface area is 107 Å². The van der Waals surface area contributed by atoms with Gasteiger partial charge in [0.2, 0.25) is 0 Å². The Morgan fingerprint density at radius 2 is 2.06 bits per heavy atom. The third-order valence-corrected chi connectivity index (χ3v) is 3.33. The summed E-state index contributed by atoms with van der Waals surface area (Å²) in [6.07, 6.45) is 4.67. The first-order valence-electron chi connectivity index (χ1n) is 5.72. The quantitative estimate of drug-likeness (QED) is 0.618. The number of benzene rings is 1. The molecule has 1 aromatic rings. The van der Waals surface area contributed by atoms with Crippen molar-refractivity contribution in [1.82, 2.24) is 0 Å². The van der Waals surface area contributed by atoms with Gasteiger partial charge in [-0.05, 0) is 37.3 Å². The van der Waals surface area contributed by atoms with Crippen LogP contribution < -0.4 is 0 Å². The molecule has 0 aliphatic heterocycles. The second kappa shape index (κ2) is 7.13. The standard InChI is InChI=1S/C13H17Cl2F/c1-2-5-11(14)8-3-6-10-7-4-9-12(15)13(10)16/h4,7,9,11H,2-3,5-6,8H2,1H3. The van der Waals surface area contributed by atoms with Crippen molar-refractivity contribution in [1.29, 1.82) is 0 Å². The van der Waals surface area contributed by atoms with Crippen LogP contribution >= 0.6 is 23.2 Å². The Morgan fingerprint density at radius 3 is 2.75 bits per heavy atom. The van der Waals surface area contributed by atoms with Gasteiger partial charge in [-0.2, -0.15) is 0 Å². The van der Waals surface area contributed by atoms with Crippen LogP contribution in [0.1, 0.15) is 38.2 Å². The maximum Gasteiger partial charge on any atom is 0.144 e. The number of hydrogen-bond acceptors (Lipinski definition) is 0. The van der Waals surface area contributed by atoms with Crippen LogP contribution in [0.2, 0.25) is 5.02 Å². The van der Waals surface area contributed by atoms with E-state index in [1.807, 2.05) is 0 Å². The third-order valence-electron chi connectivity index (χ3n) is 2.60. The Hall–Kier alpha value is -0.270. The second-order valence-electron chi connectivity index (χ2n) is 3.99. The van der Waals surface area contributed by atoms with Crippen LogP contribution in [-0.2, 0) is 6.42 Å². The number of hydrogen-bond donors (Lipinski definition) is 0. The number of aryl methyl sites for hydroxylation is 1. The molecular formula is C13H17Cl2F. The Balaban J connectivity index is 2.40. The first-order chi connectivity index (χ1) is 7.65. The predicted molar refractivity (Wildman–Crippen MR) is 68.9 cm³/mol. The zero-order valence-electron chi connectivity index (χ0n) is 9.48. The van der Waals surface area contributed by atoms with Crippen LogP contribution in [0.25, 0.3) is 0 Å². The van der Waals surface area contributed by atoms with Crippen LogP contribution in [0, 0.1) is 5.82 Å². The molecule has 0 spiro atoms. The highest BCUT2D eigenvalue weighted by Crippen LogP contribution is 2.20. The van der Waals surface area contributed by atoms with E-state index < -0.39 is 0 Å².